The van der Waals surface area contributed by atoms with Crippen molar-refractivity contribution < 1.29 is 0 Å². The summed E-state index contributed by atoms with van der Waals surface area (Å²) < 4.78 is 0. The summed E-state index contributed by atoms with van der Waals surface area (Å²) in [6.45, 7) is 4.79. The average Bonchev–Trinajstić information content (AvgIpc) is 2.36. The molecule has 0 aromatic heterocycles. The van der Waals surface area contributed by atoms with Crippen LogP contribution in [0.25, 0.3) is 0 Å². The topological polar surface area (TPSA) is 0 Å². The smallest absolute Gasteiger partial charge is 0.0357 e. The average molecular weight is 166 g/mol. The molecule has 0 saturated heterocycles. The maximum Gasteiger partial charge on any atom is -0.0357 e. The first-order valence-corrected chi connectivity index (χ1v) is 5.86. The first-order valence-electron chi connectivity index (χ1n) is 5.86. The van der Waals surface area contributed by atoms with Crippen molar-refractivity contribution in [1.29, 1.82) is 0 Å². The Hall–Kier alpha value is 0. The van der Waals surface area contributed by atoms with Crippen molar-refractivity contribution in [2.24, 2.45) is 23.7 Å². The van der Waals surface area contributed by atoms with E-state index in [9.17, 15) is 0 Å². The van der Waals surface area contributed by atoms with Gasteiger partial charge in [0, 0.05) is 0 Å². The number of rotatable bonds is 2. The van der Waals surface area contributed by atoms with Gasteiger partial charge in [0.25, 0.3) is 0 Å². The lowest BCUT2D eigenvalue weighted by Crippen LogP contribution is -2.13. The molecule has 2 rings (SSSR count). The molecule has 2 aliphatic carbocycles. The zero-order valence-electron chi connectivity index (χ0n) is 8.55. The molecule has 0 radical (unpaired) electrons. The van der Waals surface area contributed by atoms with Gasteiger partial charge in [-0.2, -0.15) is 0 Å². The summed E-state index contributed by atoms with van der Waals surface area (Å²) in [5, 5.41) is 0. The molecule has 0 aliphatic heterocycles. The largest absolute Gasteiger partial charge is 0.0651 e. The van der Waals surface area contributed by atoms with E-state index in [0.717, 1.165) is 23.7 Å². The maximum atomic E-state index is 2.40. The zero-order valence-corrected chi connectivity index (χ0v) is 8.55. The van der Waals surface area contributed by atoms with Crippen LogP contribution in [-0.4, -0.2) is 0 Å². The van der Waals surface area contributed by atoms with E-state index in [-0.39, 0.29) is 0 Å². The van der Waals surface area contributed by atoms with Crippen LogP contribution in [-0.2, 0) is 0 Å². The van der Waals surface area contributed by atoms with Crippen LogP contribution in [0.1, 0.15) is 52.4 Å². The third-order valence-electron chi connectivity index (χ3n) is 4.46. The Labute approximate surface area is 76.7 Å². The molecule has 0 spiro atoms. The molecule has 0 heteroatoms. The van der Waals surface area contributed by atoms with Crippen LogP contribution in [0, 0.1) is 23.7 Å². The molecule has 4 unspecified atom stereocenters. The molecule has 0 heterocycles. The first-order chi connectivity index (χ1) is 5.86. The van der Waals surface area contributed by atoms with Gasteiger partial charge in [-0.3, -0.25) is 0 Å². The van der Waals surface area contributed by atoms with Crippen LogP contribution >= 0.6 is 0 Å². The van der Waals surface area contributed by atoms with E-state index in [2.05, 4.69) is 13.8 Å². The van der Waals surface area contributed by atoms with Gasteiger partial charge in [0.2, 0.25) is 0 Å². The number of fused-ring (bicyclic) bond motifs is 2. The Bertz CT molecular complexity index is 134. The lowest BCUT2D eigenvalue weighted by molar-refractivity contribution is 0.282. The highest BCUT2D eigenvalue weighted by molar-refractivity contribution is 4.92. The van der Waals surface area contributed by atoms with E-state index in [4.69, 9.17) is 0 Å². The highest BCUT2D eigenvalue weighted by Gasteiger charge is 2.42. The van der Waals surface area contributed by atoms with Crippen molar-refractivity contribution in [2.75, 3.05) is 0 Å². The third kappa shape index (κ3) is 1.20. The van der Waals surface area contributed by atoms with E-state index in [1.165, 1.54) is 19.3 Å². The molecule has 0 N–H and O–H groups in total. The van der Waals surface area contributed by atoms with Crippen LogP contribution in [0.5, 0.6) is 0 Å². The summed E-state index contributed by atoms with van der Waals surface area (Å²) in [6, 6.07) is 0. The normalized spacial score (nSPS) is 46.5. The fourth-order valence-corrected chi connectivity index (χ4v) is 4.02. The van der Waals surface area contributed by atoms with Gasteiger partial charge in [-0.05, 0) is 30.1 Å². The highest BCUT2D eigenvalue weighted by atomic mass is 14.5. The van der Waals surface area contributed by atoms with Crippen molar-refractivity contribution in [3.8, 4) is 0 Å². The third-order valence-corrected chi connectivity index (χ3v) is 4.46. The minimum Gasteiger partial charge on any atom is -0.0651 e. The van der Waals surface area contributed by atoms with Crippen LogP contribution in [0.3, 0.4) is 0 Å². The number of hydrogen-bond acceptors (Lipinski definition) is 0. The molecule has 70 valence electrons. The van der Waals surface area contributed by atoms with E-state index < -0.39 is 0 Å². The quantitative estimate of drug-likeness (QED) is 0.584. The molecule has 0 amide bonds. The second kappa shape index (κ2) is 3.40. The standard InChI is InChI=1S/C12H22/c1-3-11-9-6-5-7-10(8-9)12(11)4-2/h9-12H,3-8H2,1-2H3. The molecular weight excluding hydrogens is 144 g/mol. The van der Waals surface area contributed by atoms with E-state index in [0.29, 0.717) is 0 Å². The van der Waals surface area contributed by atoms with E-state index in [1.54, 1.807) is 19.3 Å². The zero-order chi connectivity index (χ0) is 8.55. The van der Waals surface area contributed by atoms with Gasteiger partial charge in [0.1, 0.15) is 0 Å². The monoisotopic (exact) mass is 166 g/mol. The second-order valence-corrected chi connectivity index (χ2v) is 4.83. The predicted molar refractivity (Wildman–Crippen MR) is 53.0 cm³/mol. The Balaban J connectivity index is 2.10. The summed E-state index contributed by atoms with van der Waals surface area (Å²) in [5.41, 5.74) is 0. The van der Waals surface area contributed by atoms with E-state index >= 15 is 0 Å². The van der Waals surface area contributed by atoms with Crippen LogP contribution in [0.15, 0.2) is 0 Å². The van der Waals surface area contributed by atoms with Gasteiger partial charge in [-0.15, -0.1) is 0 Å². The van der Waals surface area contributed by atoms with Crippen molar-refractivity contribution in [3.63, 3.8) is 0 Å². The lowest BCUT2D eigenvalue weighted by atomic mass is 9.84. The number of hydrogen-bond donors (Lipinski definition) is 0. The Morgan fingerprint density at radius 3 is 1.83 bits per heavy atom. The highest BCUT2D eigenvalue weighted by Crippen LogP contribution is 2.52. The molecule has 0 aromatic carbocycles. The van der Waals surface area contributed by atoms with Crippen LogP contribution in [0.2, 0.25) is 0 Å². The first kappa shape index (κ1) is 8.59. The van der Waals surface area contributed by atoms with Crippen molar-refractivity contribution in [1.82, 2.24) is 0 Å². The predicted octanol–water partition coefficient (Wildman–Crippen LogP) is 3.86. The summed E-state index contributed by atoms with van der Waals surface area (Å²) in [4.78, 5) is 0. The van der Waals surface area contributed by atoms with Crippen LogP contribution in [0.4, 0.5) is 0 Å². The fourth-order valence-electron chi connectivity index (χ4n) is 4.02. The minimum absolute atomic E-state index is 1.10. The molecule has 0 nitrogen and oxygen atoms in total. The van der Waals surface area contributed by atoms with Gasteiger partial charge < -0.3 is 0 Å². The molecule has 2 aliphatic rings. The minimum atomic E-state index is 1.10. The molecule has 2 fully saturated rings. The molecule has 12 heavy (non-hydrogen) atoms. The fraction of sp³-hybridized carbons (Fsp3) is 1.00. The lowest BCUT2D eigenvalue weighted by Gasteiger charge is -2.21. The van der Waals surface area contributed by atoms with Gasteiger partial charge in [-0.25, -0.2) is 0 Å². The van der Waals surface area contributed by atoms with Gasteiger partial charge in [0.05, 0.1) is 0 Å². The SMILES string of the molecule is CCC1C2CCCC(C2)C1CC. The summed E-state index contributed by atoms with van der Waals surface area (Å²) in [6.07, 6.45) is 9.09. The summed E-state index contributed by atoms with van der Waals surface area (Å²) >= 11 is 0. The molecular formula is C12H22. The Morgan fingerprint density at radius 1 is 0.917 bits per heavy atom. The maximum absolute atomic E-state index is 2.40. The Morgan fingerprint density at radius 2 is 1.42 bits per heavy atom. The summed E-state index contributed by atoms with van der Waals surface area (Å²) in [7, 11) is 0. The van der Waals surface area contributed by atoms with Gasteiger partial charge in [-0.1, -0.05) is 46.0 Å². The van der Waals surface area contributed by atoms with Crippen molar-refractivity contribution in [3.05, 3.63) is 0 Å². The Kier molecular flexibility index (Phi) is 2.43. The molecule has 2 saturated carbocycles. The molecule has 4 atom stereocenters. The van der Waals surface area contributed by atoms with Crippen LogP contribution < -0.4 is 0 Å². The van der Waals surface area contributed by atoms with Crippen molar-refractivity contribution in [2.45, 2.75) is 52.4 Å². The second-order valence-electron chi connectivity index (χ2n) is 4.83. The van der Waals surface area contributed by atoms with Gasteiger partial charge in [0.15, 0.2) is 0 Å². The summed E-state index contributed by atoms with van der Waals surface area (Å²) in [5.74, 6) is 4.45. The van der Waals surface area contributed by atoms with Crippen molar-refractivity contribution >= 4 is 0 Å². The molecule has 2 bridgehead atoms. The van der Waals surface area contributed by atoms with Gasteiger partial charge >= 0.3 is 0 Å². The molecule has 0 aromatic rings. The van der Waals surface area contributed by atoms with E-state index in [1.807, 2.05) is 0 Å².